The fourth-order valence-corrected chi connectivity index (χ4v) is 3.95. The number of rotatable bonds is 5. The van der Waals surface area contributed by atoms with Gasteiger partial charge in [-0.25, -0.2) is 4.79 Å². The largest absolute Gasteiger partial charge is 0.336 e. The molecule has 0 saturated carbocycles. The van der Waals surface area contributed by atoms with Gasteiger partial charge in [-0.2, -0.15) is 0 Å². The van der Waals surface area contributed by atoms with Crippen molar-refractivity contribution < 1.29 is 9.59 Å². The van der Waals surface area contributed by atoms with E-state index in [0.29, 0.717) is 26.2 Å². The summed E-state index contributed by atoms with van der Waals surface area (Å²) in [7, 11) is 0. The van der Waals surface area contributed by atoms with Gasteiger partial charge in [0.25, 0.3) is 5.91 Å². The van der Waals surface area contributed by atoms with Crippen LogP contribution in [0.3, 0.4) is 0 Å². The molecule has 2 aromatic carbocycles. The second kappa shape index (κ2) is 7.14. The van der Waals surface area contributed by atoms with Crippen molar-refractivity contribution in [3.05, 3.63) is 61.3 Å². The summed E-state index contributed by atoms with van der Waals surface area (Å²) in [5.74, 6) is -0.161. The Morgan fingerprint density at radius 2 is 1.97 bits per heavy atom. The predicted molar refractivity (Wildman–Crippen MR) is 114 cm³/mol. The molecule has 0 spiro atoms. The van der Waals surface area contributed by atoms with Gasteiger partial charge < -0.3 is 10.2 Å². The summed E-state index contributed by atoms with van der Waals surface area (Å²) < 4.78 is 3.43. The number of benzene rings is 2. The van der Waals surface area contributed by atoms with Crippen LogP contribution in [0.2, 0.25) is 0 Å². The number of para-hydroxylation sites is 1. The number of urea groups is 1. The number of nitrogens with zero attached hydrogens (tertiary/aromatic N) is 5. The molecule has 0 radical (unpaired) electrons. The molecule has 3 heterocycles. The average molecular weight is 400 g/mol. The Labute approximate surface area is 172 Å². The van der Waals surface area contributed by atoms with Crippen LogP contribution in [-0.4, -0.2) is 56.0 Å². The number of nitrogens with one attached hydrogen (secondary N) is 1. The van der Waals surface area contributed by atoms with E-state index in [-0.39, 0.29) is 11.9 Å². The predicted octanol–water partition coefficient (Wildman–Crippen LogP) is 2.90. The van der Waals surface area contributed by atoms with E-state index in [1.165, 1.54) is 6.08 Å². The molecule has 1 aliphatic rings. The van der Waals surface area contributed by atoms with E-state index in [1.54, 1.807) is 14.1 Å². The van der Waals surface area contributed by atoms with Crippen molar-refractivity contribution in [2.24, 2.45) is 0 Å². The van der Waals surface area contributed by atoms with Crippen molar-refractivity contribution in [2.45, 2.75) is 6.54 Å². The number of hydrogen-bond acceptors (Lipinski definition) is 4. The van der Waals surface area contributed by atoms with Crippen molar-refractivity contribution in [3.8, 4) is 11.3 Å². The van der Waals surface area contributed by atoms with Gasteiger partial charge in [0.15, 0.2) is 0 Å². The molecule has 1 fully saturated rings. The average Bonchev–Trinajstić information content (AvgIpc) is 3.48. The lowest BCUT2D eigenvalue weighted by atomic mass is 10.1. The molecule has 1 saturated heterocycles. The van der Waals surface area contributed by atoms with Gasteiger partial charge in [-0.1, -0.05) is 36.1 Å². The molecule has 30 heavy (non-hydrogen) atoms. The number of aromatic nitrogens is 4. The van der Waals surface area contributed by atoms with Crippen LogP contribution in [0.1, 0.15) is 4.79 Å². The van der Waals surface area contributed by atoms with Crippen molar-refractivity contribution in [3.63, 3.8) is 0 Å². The van der Waals surface area contributed by atoms with Gasteiger partial charge in [-0.05, 0) is 24.3 Å². The fourth-order valence-electron chi connectivity index (χ4n) is 3.95. The van der Waals surface area contributed by atoms with Crippen molar-refractivity contribution in [1.29, 1.82) is 0 Å². The molecular formula is C22H20N6O2. The highest BCUT2D eigenvalue weighted by Gasteiger charge is 2.19. The number of allylic oxidation sites excluding steroid dienone is 1. The molecule has 2 aromatic heterocycles. The van der Waals surface area contributed by atoms with Crippen molar-refractivity contribution >= 4 is 33.7 Å². The number of carbonyl (C=O) groups is 2. The fraction of sp³-hybridized carbons (Fsp3) is 0.182. The minimum Gasteiger partial charge on any atom is -0.336 e. The Morgan fingerprint density at radius 3 is 2.77 bits per heavy atom. The normalized spacial score (nSPS) is 13.9. The number of hydrogen-bond donors (Lipinski definition) is 1. The third-order valence-corrected chi connectivity index (χ3v) is 5.45. The Hall–Kier alpha value is -3.94. The highest BCUT2D eigenvalue weighted by molar-refractivity contribution is 6.15. The second-order valence-corrected chi connectivity index (χ2v) is 7.21. The summed E-state index contributed by atoms with van der Waals surface area (Å²) in [6.07, 6.45) is 3.20. The Bertz CT molecular complexity index is 1300. The first-order valence-corrected chi connectivity index (χ1v) is 9.79. The van der Waals surface area contributed by atoms with Crippen LogP contribution < -0.4 is 5.32 Å². The molecule has 0 unspecified atom stereocenters. The van der Waals surface area contributed by atoms with Crippen LogP contribution in [-0.2, 0) is 6.54 Å². The Balaban J connectivity index is 1.49. The maximum Gasteiger partial charge on any atom is 0.317 e. The van der Waals surface area contributed by atoms with Crippen LogP contribution in [0.5, 0.6) is 0 Å². The molecule has 5 rings (SSSR count). The third kappa shape index (κ3) is 2.93. The maximum absolute atomic E-state index is 12.5. The smallest absolute Gasteiger partial charge is 0.317 e. The molecule has 0 atom stereocenters. The van der Waals surface area contributed by atoms with E-state index in [2.05, 4.69) is 22.2 Å². The number of fused-ring (bicyclic) bond motifs is 3. The lowest BCUT2D eigenvalue weighted by molar-refractivity contribution is 0.0978. The van der Waals surface area contributed by atoms with E-state index >= 15 is 0 Å². The standard InChI is InChI=1S/C22H20N6O2/c1-2-21(29)28-19-6-4-3-5-16(19)17-13-15(7-8-20(17)28)18-14-27(25-24-18)12-11-26-10-9-23-22(26)30/h2-8,13-14H,1,9-12H2,(H,23,30). The molecule has 4 aromatic rings. The first kappa shape index (κ1) is 18.1. The molecule has 0 bridgehead atoms. The zero-order valence-electron chi connectivity index (χ0n) is 16.3. The minimum atomic E-state index is -0.161. The molecular weight excluding hydrogens is 380 g/mol. The highest BCUT2D eigenvalue weighted by Crippen LogP contribution is 2.32. The Kier molecular flexibility index (Phi) is 4.31. The van der Waals surface area contributed by atoms with Crippen LogP contribution in [0.15, 0.2) is 61.3 Å². The first-order chi connectivity index (χ1) is 14.7. The van der Waals surface area contributed by atoms with Crippen LogP contribution >= 0.6 is 0 Å². The van der Waals surface area contributed by atoms with Crippen molar-refractivity contribution in [1.82, 2.24) is 29.8 Å². The van der Waals surface area contributed by atoms with Crippen LogP contribution in [0, 0.1) is 0 Å². The summed E-state index contributed by atoms with van der Waals surface area (Å²) in [6, 6.07) is 13.7. The first-order valence-electron chi connectivity index (χ1n) is 9.79. The second-order valence-electron chi connectivity index (χ2n) is 7.21. The van der Waals surface area contributed by atoms with Gasteiger partial charge in [0.1, 0.15) is 5.69 Å². The van der Waals surface area contributed by atoms with Crippen LogP contribution in [0.25, 0.3) is 33.1 Å². The highest BCUT2D eigenvalue weighted by atomic mass is 16.2. The minimum absolute atomic E-state index is 0.0359. The quantitative estimate of drug-likeness (QED) is 0.522. The van der Waals surface area contributed by atoms with E-state index in [4.69, 9.17) is 0 Å². The molecule has 2 amide bonds. The van der Waals surface area contributed by atoms with Gasteiger partial charge in [-0.3, -0.25) is 14.0 Å². The van der Waals surface area contributed by atoms with Crippen LogP contribution in [0.4, 0.5) is 4.79 Å². The Morgan fingerprint density at radius 1 is 1.13 bits per heavy atom. The zero-order valence-corrected chi connectivity index (χ0v) is 16.3. The summed E-state index contributed by atoms with van der Waals surface area (Å²) in [6.45, 7) is 6.19. The van der Waals surface area contributed by atoms with Gasteiger partial charge in [0.2, 0.25) is 0 Å². The van der Waals surface area contributed by atoms with E-state index < -0.39 is 0 Å². The van der Waals surface area contributed by atoms with Crippen molar-refractivity contribution in [2.75, 3.05) is 19.6 Å². The molecule has 8 nitrogen and oxygen atoms in total. The van der Waals surface area contributed by atoms with Gasteiger partial charge in [0, 0.05) is 36.0 Å². The topological polar surface area (TPSA) is 85.0 Å². The maximum atomic E-state index is 12.5. The van der Waals surface area contributed by atoms with E-state index in [9.17, 15) is 9.59 Å². The van der Waals surface area contributed by atoms with Gasteiger partial charge in [0.05, 0.1) is 23.8 Å². The van der Waals surface area contributed by atoms with E-state index in [1.807, 2.05) is 48.7 Å². The number of carbonyl (C=O) groups excluding carboxylic acids is 2. The van der Waals surface area contributed by atoms with Gasteiger partial charge in [-0.15, -0.1) is 5.10 Å². The summed E-state index contributed by atoms with van der Waals surface area (Å²) in [5, 5.41) is 13.3. The summed E-state index contributed by atoms with van der Waals surface area (Å²) in [5.41, 5.74) is 3.34. The number of amides is 2. The lowest BCUT2D eigenvalue weighted by Crippen LogP contribution is -2.31. The SMILES string of the molecule is C=CC(=O)n1c2ccccc2c2cc(-c3cn(CCN4CCNC4=O)nn3)ccc21. The monoisotopic (exact) mass is 400 g/mol. The molecule has 150 valence electrons. The summed E-state index contributed by atoms with van der Waals surface area (Å²) >= 11 is 0. The zero-order chi connectivity index (χ0) is 20.7. The summed E-state index contributed by atoms with van der Waals surface area (Å²) in [4.78, 5) is 25.9. The lowest BCUT2D eigenvalue weighted by Gasteiger charge is -2.12. The van der Waals surface area contributed by atoms with E-state index in [0.717, 1.165) is 33.1 Å². The van der Waals surface area contributed by atoms with Gasteiger partial charge >= 0.3 is 6.03 Å². The molecule has 1 aliphatic heterocycles. The third-order valence-electron chi connectivity index (χ3n) is 5.45. The molecule has 1 N–H and O–H groups in total. The molecule has 8 heteroatoms. The molecule has 0 aliphatic carbocycles.